The minimum Gasteiger partial charge on any atom is -0.383 e. The van der Waals surface area contributed by atoms with Crippen LogP contribution in [0.2, 0.25) is 0 Å². The van der Waals surface area contributed by atoms with E-state index in [1.165, 1.54) is 32.1 Å². The summed E-state index contributed by atoms with van der Waals surface area (Å²) < 4.78 is 5.03. The third-order valence-electron chi connectivity index (χ3n) is 3.42. The van der Waals surface area contributed by atoms with E-state index < -0.39 is 0 Å². The van der Waals surface area contributed by atoms with Crippen LogP contribution in [0.3, 0.4) is 0 Å². The van der Waals surface area contributed by atoms with Gasteiger partial charge in [0.2, 0.25) is 5.91 Å². The molecule has 0 unspecified atom stereocenters. The van der Waals surface area contributed by atoms with E-state index in [0.717, 1.165) is 0 Å². The van der Waals surface area contributed by atoms with Gasteiger partial charge in [0.05, 0.1) is 6.61 Å². The zero-order valence-corrected chi connectivity index (χ0v) is 12.9. The van der Waals surface area contributed by atoms with Gasteiger partial charge in [-0.25, -0.2) is 4.99 Å². The summed E-state index contributed by atoms with van der Waals surface area (Å²) in [5.74, 6) is 0.714. The first-order valence-electron chi connectivity index (χ1n) is 7.37. The monoisotopic (exact) mass is 284 g/mol. The lowest BCUT2D eigenvalue weighted by atomic mass is 9.96. The number of hydrogen-bond donors (Lipinski definition) is 2. The molecule has 1 fully saturated rings. The molecule has 2 N–H and O–H groups in total. The van der Waals surface area contributed by atoms with Crippen LogP contribution in [0, 0.1) is 0 Å². The predicted molar refractivity (Wildman–Crippen MR) is 80.9 cm³/mol. The van der Waals surface area contributed by atoms with E-state index in [9.17, 15) is 4.79 Å². The minimum atomic E-state index is 0.00138. The summed E-state index contributed by atoms with van der Waals surface area (Å²) in [6.07, 6.45) is 6.19. The van der Waals surface area contributed by atoms with E-state index in [-0.39, 0.29) is 12.5 Å². The van der Waals surface area contributed by atoms with Crippen molar-refractivity contribution in [2.75, 3.05) is 40.9 Å². The van der Waals surface area contributed by atoms with Crippen LogP contribution < -0.4 is 10.6 Å². The molecule has 0 bridgehead atoms. The molecule has 0 aromatic heterocycles. The molecule has 0 atom stereocenters. The van der Waals surface area contributed by atoms with Crippen molar-refractivity contribution < 1.29 is 9.53 Å². The third kappa shape index (κ3) is 6.75. The highest BCUT2D eigenvalue weighted by molar-refractivity contribution is 5.84. The molecule has 0 saturated heterocycles. The Morgan fingerprint density at radius 3 is 2.60 bits per heavy atom. The Morgan fingerprint density at radius 2 is 2.00 bits per heavy atom. The van der Waals surface area contributed by atoms with E-state index in [4.69, 9.17) is 4.74 Å². The van der Waals surface area contributed by atoms with E-state index in [2.05, 4.69) is 15.6 Å². The lowest BCUT2D eigenvalue weighted by Gasteiger charge is -2.25. The van der Waals surface area contributed by atoms with Gasteiger partial charge < -0.3 is 20.3 Å². The molecule has 0 aromatic rings. The Kier molecular flexibility index (Phi) is 8.02. The van der Waals surface area contributed by atoms with E-state index >= 15 is 0 Å². The highest BCUT2D eigenvalue weighted by Gasteiger charge is 2.14. The molecule has 1 aliphatic carbocycles. The molecule has 6 heteroatoms. The van der Waals surface area contributed by atoms with Crippen molar-refractivity contribution in [3.63, 3.8) is 0 Å². The number of ether oxygens (including phenoxy) is 1. The van der Waals surface area contributed by atoms with Gasteiger partial charge in [0.15, 0.2) is 5.96 Å². The molecule has 1 aliphatic rings. The Labute approximate surface area is 122 Å². The Balaban J connectivity index is 2.48. The van der Waals surface area contributed by atoms with Gasteiger partial charge in [-0.15, -0.1) is 0 Å². The number of carbonyl (C=O) groups is 1. The Hall–Kier alpha value is -1.30. The average Bonchev–Trinajstić information content (AvgIpc) is 2.45. The normalized spacial score (nSPS) is 16.9. The van der Waals surface area contributed by atoms with Crippen LogP contribution in [-0.4, -0.2) is 63.7 Å². The van der Waals surface area contributed by atoms with Crippen LogP contribution in [-0.2, 0) is 9.53 Å². The molecule has 0 aliphatic heterocycles. The lowest BCUT2D eigenvalue weighted by molar-refractivity contribution is -0.127. The molecule has 0 spiro atoms. The fourth-order valence-corrected chi connectivity index (χ4v) is 2.15. The minimum absolute atomic E-state index is 0.00138. The number of likely N-dealkylation sites (N-methyl/N-ethyl adjacent to an activating group) is 1. The quantitative estimate of drug-likeness (QED) is 0.426. The summed E-state index contributed by atoms with van der Waals surface area (Å²) in [4.78, 5) is 17.5. The Bertz CT molecular complexity index is 312. The largest absolute Gasteiger partial charge is 0.383 e. The number of rotatable bonds is 6. The summed E-state index contributed by atoms with van der Waals surface area (Å²) in [5, 5.41) is 6.63. The number of amides is 1. The number of hydrogen-bond acceptors (Lipinski definition) is 3. The third-order valence-corrected chi connectivity index (χ3v) is 3.42. The fraction of sp³-hybridized carbons (Fsp3) is 0.857. The molecule has 0 radical (unpaired) electrons. The number of guanidine groups is 1. The number of aliphatic imine (C=N–C) groups is 1. The molecule has 1 amide bonds. The second-order valence-electron chi connectivity index (χ2n) is 5.35. The number of carbonyl (C=O) groups excluding carboxylic acids is 1. The van der Waals surface area contributed by atoms with Gasteiger partial charge in [-0.05, 0) is 12.8 Å². The zero-order valence-electron chi connectivity index (χ0n) is 12.9. The molecule has 20 heavy (non-hydrogen) atoms. The second kappa shape index (κ2) is 9.58. The van der Waals surface area contributed by atoms with Gasteiger partial charge in [0.1, 0.15) is 6.54 Å². The van der Waals surface area contributed by atoms with Crippen molar-refractivity contribution in [3.05, 3.63) is 0 Å². The van der Waals surface area contributed by atoms with Crippen molar-refractivity contribution in [2.45, 2.75) is 38.1 Å². The van der Waals surface area contributed by atoms with Crippen molar-refractivity contribution in [3.8, 4) is 0 Å². The van der Waals surface area contributed by atoms with Gasteiger partial charge in [-0.2, -0.15) is 0 Å². The van der Waals surface area contributed by atoms with Crippen LogP contribution in [0.4, 0.5) is 0 Å². The van der Waals surface area contributed by atoms with Gasteiger partial charge in [-0.3, -0.25) is 4.79 Å². The highest BCUT2D eigenvalue weighted by Crippen LogP contribution is 2.17. The van der Waals surface area contributed by atoms with Crippen LogP contribution in [0.25, 0.3) is 0 Å². The zero-order chi connectivity index (χ0) is 14.8. The SMILES string of the molecule is COCCNC(=NCC(=O)N(C)C)NC1CCCCC1. The van der Waals surface area contributed by atoms with Crippen LogP contribution in [0.5, 0.6) is 0 Å². The van der Waals surface area contributed by atoms with Crippen LogP contribution >= 0.6 is 0 Å². The summed E-state index contributed by atoms with van der Waals surface area (Å²) >= 11 is 0. The average molecular weight is 284 g/mol. The standard InChI is InChI=1S/C14H28N4O2/c1-18(2)13(19)11-16-14(15-9-10-20-3)17-12-7-5-4-6-8-12/h12H,4-11H2,1-3H3,(H2,15,16,17). The van der Waals surface area contributed by atoms with Gasteiger partial charge >= 0.3 is 0 Å². The first-order chi connectivity index (χ1) is 9.63. The van der Waals surface area contributed by atoms with Crippen molar-refractivity contribution in [2.24, 2.45) is 4.99 Å². The van der Waals surface area contributed by atoms with Crippen molar-refractivity contribution in [1.82, 2.24) is 15.5 Å². The van der Waals surface area contributed by atoms with Crippen LogP contribution in [0.1, 0.15) is 32.1 Å². The predicted octanol–water partition coefficient (Wildman–Crippen LogP) is 0.589. The molecule has 0 aromatic carbocycles. The Morgan fingerprint density at radius 1 is 1.30 bits per heavy atom. The second-order valence-corrected chi connectivity index (χ2v) is 5.35. The summed E-state index contributed by atoms with van der Waals surface area (Å²) in [6.45, 7) is 1.47. The molecule has 6 nitrogen and oxygen atoms in total. The molecule has 0 heterocycles. The molecular weight excluding hydrogens is 256 g/mol. The van der Waals surface area contributed by atoms with Gasteiger partial charge in [0.25, 0.3) is 0 Å². The number of nitrogens with zero attached hydrogens (tertiary/aromatic N) is 2. The fourth-order valence-electron chi connectivity index (χ4n) is 2.15. The number of nitrogens with one attached hydrogen (secondary N) is 2. The molecule has 1 rings (SSSR count). The van der Waals surface area contributed by atoms with Gasteiger partial charge in [0, 0.05) is 33.8 Å². The maximum Gasteiger partial charge on any atom is 0.243 e. The smallest absolute Gasteiger partial charge is 0.243 e. The van der Waals surface area contributed by atoms with Gasteiger partial charge in [-0.1, -0.05) is 19.3 Å². The topological polar surface area (TPSA) is 66.0 Å². The number of methoxy groups -OCH3 is 1. The summed E-state index contributed by atoms with van der Waals surface area (Å²) in [6, 6.07) is 0.465. The highest BCUT2D eigenvalue weighted by atomic mass is 16.5. The maximum atomic E-state index is 11.6. The van der Waals surface area contributed by atoms with Crippen LogP contribution in [0.15, 0.2) is 4.99 Å². The lowest BCUT2D eigenvalue weighted by Crippen LogP contribution is -2.45. The van der Waals surface area contributed by atoms with E-state index in [1.807, 2.05) is 0 Å². The molecule has 116 valence electrons. The van der Waals surface area contributed by atoms with E-state index in [1.54, 1.807) is 26.1 Å². The van der Waals surface area contributed by atoms with Crippen molar-refractivity contribution >= 4 is 11.9 Å². The van der Waals surface area contributed by atoms with Crippen molar-refractivity contribution in [1.29, 1.82) is 0 Å². The summed E-state index contributed by atoms with van der Waals surface area (Å²) in [7, 11) is 5.15. The first-order valence-corrected chi connectivity index (χ1v) is 7.37. The van der Waals surface area contributed by atoms with E-state index in [0.29, 0.717) is 25.2 Å². The first kappa shape index (κ1) is 16.8. The maximum absolute atomic E-state index is 11.6. The molecular formula is C14H28N4O2. The molecule has 1 saturated carbocycles. The summed E-state index contributed by atoms with van der Waals surface area (Å²) in [5.41, 5.74) is 0.